The van der Waals surface area contributed by atoms with Crippen LogP contribution in [0, 0.1) is 0 Å². The molecule has 0 saturated heterocycles. The Hall–Kier alpha value is -2.27. The first-order valence-corrected chi connectivity index (χ1v) is 6.76. The van der Waals surface area contributed by atoms with Gasteiger partial charge in [-0.15, -0.1) is 0 Å². The topological polar surface area (TPSA) is 65.6 Å². The quantitative estimate of drug-likeness (QED) is 0.830. The first kappa shape index (κ1) is 15.1. The second-order valence-electron chi connectivity index (χ2n) is 5.10. The van der Waals surface area contributed by atoms with Crippen molar-refractivity contribution in [2.75, 3.05) is 14.2 Å². The van der Waals surface area contributed by atoms with E-state index in [1.807, 2.05) is 19.2 Å². The Morgan fingerprint density at radius 2 is 2.19 bits per heavy atom. The van der Waals surface area contributed by atoms with Gasteiger partial charge in [0, 0.05) is 18.8 Å². The number of methoxy groups -OCH3 is 1. The molecule has 0 bridgehead atoms. The maximum Gasteiger partial charge on any atom is 0.354 e. The van der Waals surface area contributed by atoms with Gasteiger partial charge in [0.15, 0.2) is 0 Å². The summed E-state index contributed by atoms with van der Waals surface area (Å²) in [6.45, 7) is 2.76. The van der Waals surface area contributed by atoms with E-state index in [4.69, 9.17) is 0 Å². The maximum atomic E-state index is 11.4. The van der Waals surface area contributed by atoms with E-state index in [1.165, 1.54) is 7.11 Å². The fraction of sp³-hybridized carbons (Fsp3) is 0.312. The summed E-state index contributed by atoms with van der Waals surface area (Å²) in [6.07, 6.45) is 1.80. The zero-order chi connectivity index (χ0) is 15.4. The number of aromatic hydroxyl groups is 1. The molecule has 5 heteroatoms. The highest BCUT2D eigenvalue weighted by molar-refractivity contribution is 5.87. The molecule has 0 aliphatic carbocycles. The molecule has 2 N–H and O–H groups in total. The number of nitrogens with one attached hydrogen (secondary N) is 1. The average molecular weight is 288 g/mol. The van der Waals surface area contributed by atoms with Gasteiger partial charge in [-0.1, -0.05) is 12.1 Å². The predicted molar refractivity (Wildman–Crippen MR) is 80.1 cm³/mol. The van der Waals surface area contributed by atoms with Crippen LogP contribution in [0.2, 0.25) is 0 Å². The van der Waals surface area contributed by atoms with Crippen molar-refractivity contribution in [2.24, 2.45) is 0 Å². The molecule has 1 aromatic carbocycles. The van der Waals surface area contributed by atoms with E-state index in [9.17, 15) is 9.90 Å². The van der Waals surface area contributed by atoms with Crippen LogP contribution in [0.15, 0.2) is 36.5 Å². The van der Waals surface area contributed by atoms with E-state index in [2.05, 4.69) is 21.5 Å². The summed E-state index contributed by atoms with van der Waals surface area (Å²) in [5.41, 5.74) is 2.50. The number of H-pyrrole nitrogens is 1. The Balaban J connectivity index is 2.05. The van der Waals surface area contributed by atoms with E-state index >= 15 is 0 Å². The average Bonchev–Trinajstić information content (AvgIpc) is 2.94. The Bertz CT molecular complexity index is 621. The van der Waals surface area contributed by atoms with Crippen LogP contribution in [-0.4, -0.2) is 35.1 Å². The molecule has 0 aliphatic rings. The van der Waals surface area contributed by atoms with Crippen molar-refractivity contribution in [1.29, 1.82) is 0 Å². The van der Waals surface area contributed by atoms with Gasteiger partial charge >= 0.3 is 5.97 Å². The van der Waals surface area contributed by atoms with Crippen molar-refractivity contribution in [1.82, 2.24) is 9.88 Å². The molecule has 0 unspecified atom stereocenters. The van der Waals surface area contributed by atoms with Crippen molar-refractivity contribution in [3.8, 4) is 5.75 Å². The summed E-state index contributed by atoms with van der Waals surface area (Å²) in [7, 11) is 3.36. The van der Waals surface area contributed by atoms with Gasteiger partial charge in [-0.25, -0.2) is 4.79 Å². The number of hydrogen-bond donors (Lipinski definition) is 2. The number of ether oxygens (including phenoxy) is 1. The molecule has 5 nitrogen and oxygen atoms in total. The lowest BCUT2D eigenvalue weighted by molar-refractivity contribution is 0.0594. The molecule has 2 rings (SSSR count). The maximum absolute atomic E-state index is 11.4. The Morgan fingerprint density at radius 1 is 1.43 bits per heavy atom. The minimum absolute atomic E-state index is 0.147. The number of hydrogen-bond acceptors (Lipinski definition) is 4. The first-order chi connectivity index (χ1) is 10.0. The molecule has 0 spiro atoms. The van der Waals surface area contributed by atoms with Gasteiger partial charge in [-0.3, -0.25) is 4.90 Å². The number of carbonyl (C=O) groups is 1. The van der Waals surface area contributed by atoms with Gasteiger partial charge in [0.05, 0.1) is 7.11 Å². The summed E-state index contributed by atoms with van der Waals surface area (Å²) in [6, 6.07) is 9.17. The van der Waals surface area contributed by atoms with Crippen LogP contribution in [0.3, 0.4) is 0 Å². The number of esters is 1. The van der Waals surface area contributed by atoms with E-state index < -0.39 is 0 Å². The Kier molecular flexibility index (Phi) is 4.65. The normalized spacial score (nSPS) is 12.4. The summed E-state index contributed by atoms with van der Waals surface area (Å²) in [5.74, 6) is -0.104. The molecule has 21 heavy (non-hydrogen) atoms. The highest BCUT2D eigenvalue weighted by Crippen LogP contribution is 2.23. The Labute approximate surface area is 124 Å². The van der Waals surface area contributed by atoms with Crippen molar-refractivity contribution < 1.29 is 14.6 Å². The van der Waals surface area contributed by atoms with Gasteiger partial charge in [-0.2, -0.15) is 0 Å². The van der Waals surface area contributed by atoms with Crippen LogP contribution in [0.25, 0.3) is 0 Å². The number of nitrogens with zero attached hydrogens (tertiary/aromatic N) is 1. The summed E-state index contributed by atoms with van der Waals surface area (Å²) in [5, 5.41) is 9.55. The smallest absolute Gasteiger partial charge is 0.354 e. The molecule has 0 amide bonds. The molecular formula is C16H20N2O3. The van der Waals surface area contributed by atoms with Gasteiger partial charge in [0.2, 0.25) is 0 Å². The van der Waals surface area contributed by atoms with Crippen LogP contribution >= 0.6 is 0 Å². The van der Waals surface area contributed by atoms with Crippen molar-refractivity contribution in [3.63, 3.8) is 0 Å². The zero-order valence-corrected chi connectivity index (χ0v) is 12.5. The number of rotatable bonds is 5. The fourth-order valence-corrected chi connectivity index (χ4v) is 2.22. The monoisotopic (exact) mass is 288 g/mol. The molecule has 0 radical (unpaired) electrons. The SMILES string of the molecule is COC(=O)c1cc(CN(C)[C@@H](C)c2cccc(O)c2)c[nH]1. The summed E-state index contributed by atoms with van der Waals surface area (Å²) < 4.78 is 4.67. The van der Waals surface area contributed by atoms with E-state index in [-0.39, 0.29) is 17.8 Å². The van der Waals surface area contributed by atoms with Crippen molar-refractivity contribution >= 4 is 5.97 Å². The van der Waals surface area contributed by atoms with Crippen LogP contribution in [0.5, 0.6) is 5.75 Å². The third-order valence-corrected chi connectivity index (χ3v) is 3.59. The lowest BCUT2D eigenvalue weighted by atomic mass is 10.1. The highest BCUT2D eigenvalue weighted by Gasteiger charge is 2.14. The molecule has 2 aromatic rings. The number of aromatic nitrogens is 1. The van der Waals surface area contributed by atoms with Crippen LogP contribution in [-0.2, 0) is 11.3 Å². The predicted octanol–water partition coefficient (Wildman–Crippen LogP) is 2.70. The minimum atomic E-state index is -0.370. The molecule has 1 aromatic heterocycles. The van der Waals surface area contributed by atoms with Crippen molar-refractivity contribution in [3.05, 3.63) is 53.3 Å². The number of benzene rings is 1. The van der Waals surface area contributed by atoms with Crippen LogP contribution in [0.1, 0.15) is 34.6 Å². The van der Waals surface area contributed by atoms with Crippen LogP contribution < -0.4 is 0 Å². The van der Waals surface area contributed by atoms with Gasteiger partial charge in [0.25, 0.3) is 0 Å². The highest BCUT2D eigenvalue weighted by atomic mass is 16.5. The van der Waals surface area contributed by atoms with Crippen molar-refractivity contribution in [2.45, 2.75) is 19.5 Å². The standard InChI is InChI=1S/C16H20N2O3/c1-11(13-5-4-6-14(19)8-13)18(2)10-12-7-15(17-9-12)16(20)21-3/h4-9,11,17,19H,10H2,1-3H3/t11-/m0/s1. The number of phenolic OH excluding ortho intramolecular Hbond substituents is 1. The first-order valence-electron chi connectivity index (χ1n) is 6.76. The minimum Gasteiger partial charge on any atom is -0.508 e. The molecule has 1 atom stereocenters. The zero-order valence-electron chi connectivity index (χ0n) is 12.5. The van der Waals surface area contributed by atoms with Gasteiger partial charge < -0.3 is 14.8 Å². The number of aromatic amines is 1. The molecule has 112 valence electrons. The lowest BCUT2D eigenvalue weighted by Gasteiger charge is -2.24. The van der Waals surface area contributed by atoms with Gasteiger partial charge in [-0.05, 0) is 43.3 Å². The molecule has 0 saturated carbocycles. The lowest BCUT2D eigenvalue weighted by Crippen LogP contribution is -2.21. The van der Waals surface area contributed by atoms with Gasteiger partial charge in [0.1, 0.15) is 11.4 Å². The third-order valence-electron chi connectivity index (χ3n) is 3.59. The number of carbonyl (C=O) groups excluding carboxylic acids is 1. The van der Waals surface area contributed by atoms with Crippen LogP contribution in [0.4, 0.5) is 0 Å². The van der Waals surface area contributed by atoms with E-state index in [1.54, 1.807) is 24.4 Å². The van der Waals surface area contributed by atoms with E-state index in [0.29, 0.717) is 12.2 Å². The molecule has 0 aliphatic heterocycles. The molecule has 0 fully saturated rings. The second kappa shape index (κ2) is 6.45. The third kappa shape index (κ3) is 3.64. The molecular weight excluding hydrogens is 268 g/mol. The Morgan fingerprint density at radius 3 is 2.86 bits per heavy atom. The second-order valence-corrected chi connectivity index (χ2v) is 5.10. The fourth-order valence-electron chi connectivity index (χ4n) is 2.22. The summed E-state index contributed by atoms with van der Waals surface area (Å²) >= 11 is 0. The largest absolute Gasteiger partial charge is 0.508 e. The number of phenols is 1. The summed E-state index contributed by atoms with van der Waals surface area (Å²) in [4.78, 5) is 16.5. The van der Waals surface area contributed by atoms with E-state index in [0.717, 1.165) is 11.1 Å². The molecule has 1 heterocycles.